The normalized spacial score (nSPS) is 14.4. The van der Waals surface area contributed by atoms with Crippen molar-refractivity contribution < 1.29 is 14.3 Å². The number of non-ortho nitro benzene ring substituents is 1. The molecule has 0 unspecified atom stereocenters. The van der Waals surface area contributed by atoms with Crippen molar-refractivity contribution in [2.45, 2.75) is 32.7 Å². The van der Waals surface area contributed by atoms with Gasteiger partial charge in [0.2, 0.25) is 11.6 Å². The molecule has 3 heterocycles. The van der Waals surface area contributed by atoms with Gasteiger partial charge in [-0.15, -0.1) is 17.5 Å². The first-order chi connectivity index (χ1) is 15.9. The van der Waals surface area contributed by atoms with E-state index in [0.29, 0.717) is 23.5 Å². The summed E-state index contributed by atoms with van der Waals surface area (Å²) in [5.41, 5.74) is 9.91. The maximum Gasteiger partial charge on any atom is 0.293 e. The van der Waals surface area contributed by atoms with Gasteiger partial charge in [0, 0.05) is 18.7 Å². The summed E-state index contributed by atoms with van der Waals surface area (Å²) in [6.45, 7) is 3.86. The number of nitro groups is 1. The Labute approximate surface area is 199 Å². The SMILES string of the molecule is C/C(=N\NC(=O)c1nnn(-c2nonc2N)c1CN1CCCCC1)c1ccc([N+](=O)[O-])cc1.Cl. The summed E-state index contributed by atoms with van der Waals surface area (Å²) in [6.07, 6.45) is 3.29. The molecule has 4 rings (SSSR count). The van der Waals surface area contributed by atoms with Crippen LogP contribution in [0.4, 0.5) is 11.5 Å². The van der Waals surface area contributed by atoms with Gasteiger partial charge in [0.25, 0.3) is 11.6 Å². The van der Waals surface area contributed by atoms with E-state index in [1.54, 1.807) is 19.1 Å². The first-order valence-corrected chi connectivity index (χ1v) is 10.3. The number of nitro benzene ring substituents is 1. The van der Waals surface area contributed by atoms with Crippen molar-refractivity contribution in [2.24, 2.45) is 5.10 Å². The summed E-state index contributed by atoms with van der Waals surface area (Å²) in [5, 5.41) is 30.3. The second-order valence-corrected chi connectivity index (χ2v) is 7.55. The fraction of sp³-hybridized carbons (Fsp3) is 0.368. The van der Waals surface area contributed by atoms with Crippen LogP contribution in [0.15, 0.2) is 34.0 Å². The molecule has 0 radical (unpaired) electrons. The third-order valence-electron chi connectivity index (χ3n) is 5.32. The van der Waals surface area contributed by atoms with Crippen LogP contribution in [-0.4, -0.2) is 59.8 Å². The Morgan fingerprint density at radius 3 is 2.56 bits per heavy atom. The summed E-state index contributed by atoms with van der Waals surface area (Å²) >= 11 is 0. The number of halogens is 1. The van der Waals surface area contributed by atoms with E-state index in [2.05, 4.69) is 40.7 Å². The van der Waals surface area contributed by atoms with Gasteiger partial charge in [0.05, 0.1) is 16.3 Å². The molecule has 0 saturated carbocycles. The first-order valence-electron chi connectivity index (χ1n) is 10.3. The molecule has 3 N–H and O–H groups in total. The lowest BCUT2D eigenvalue weighted by molar-refractivity contribution is -0.384. The van der Waals surface area contributed by atoms with Crippen molar-refractivity contribution in [3.63, 3.8) is 0 Å². The Morgan fingerprint density at radius 2 is 1.94 bits per heavy atom. The zero-order valence-corrected chi connectivity index (χ0v) is 19.1. The third-order valence-corrected chi connectivity index (χ3v) is 5.32. The number of nitrogens with one attached hydrogen (secondary N) is 1. The van der Waals surface area contributed by atoms with Crippen molar-refractivity contribution in [2.75, 3.05) is 18.8 Å². The number of amides is 1. The molecule has 34 heavy (non-hydrogen) atoms. The van der Waals surface area contributed by atoms with Gasteiger partial charge < -0.3 is 5.73 Å². The average Bonchev–Trinajstić information content (AvgIpc) is 3.43. The molecule has 3 aromatic rings. The molecule has 14 nitrogen and oxygen atoms in total. The summed E-state index contributed by atoms with van der Waals surface area (Å²) < 4.78 is 6.02. The second kappa shape index (κ2) is 10.8. The van der Waals surface area contributed by atoms with Crippen LogP contribution in [0.1, 0.15) is 47.9 Å². The summed E-state index contributed by atoms with van der Waals surface area (Å²) in [7, 11) is 0. The Morgan fingerprint density at radius 1 is 1.24 bits per heavy atom. The summed E-state index contributed by atoms with van der Waals surface area (Å²) in [5.74, 6) is -0.387. The minimum atomic E-state index is -0.565. The average molecular weight is 491 g/mol. The lowest BCUT2D eigenvalue weighted by atomic mass is 10.1. The lowest BCUT2D eigenvalue weighted by Gasteiger charge is -2.26. The highest BCUT2D eigenvalue weighted by Gasteiger charge is 2.26. The highest BCUT2D eigenvalue weighted by molar-refractivity contribution is 6.00. The number of nitrogens with two attached hydrogens (primary N) is 1. The van der Waals surface area contributed by atoms with Gasteiger partial charge in [-0.2, -0.15) is 9.78 Å². The fourth-order valence-corrected chi connectivity index (χ4v) is 3.53. The van der Waals surface area contributed by atoms with Gasteiger partial charge >= 0.3 is 0 Å². The number of hydrogen-bond donors (Lipinski definition) is 2. The number of nitrogen functional groups attached to an aromatic ring is 1. The van der Waals surface area contributed by atoms with Crippen LogP contribution in [0.5, 0.6) is 0 Å². The number of piperidine rings is 1. The lowest BCUT2D eigenvalue weighted by Crippen LogP contribution is -2.31. The van der Waals surface area contributed by atoms with Gasteiger partial charge in [0.15, 0.2) is 5.69 Å². The maximum absolute atomic E-state index is 12.9. The van der Waals surface area contributed by atoms with Crippen molar-refractivity contribution in [1.29, 1.82) is 0 Å². The van der Waals surface area contributed by atoms with Gasteiger partial charge in [-0.25, -0.2) is 10.1 Å². The van der Waals surface area contributed by atoms with Crippen molar-refractivity contribution in [3.05, 3.63) is 51.3 Å². The minimum Gasteiger partial charge on any atom is -0.378 e. The van der Waals surface area contributed by atoms with Crippen LogP contribution in [0.25, 0.3) is 5.82 Å². The molecule has 1 amide bonds. The number of hydrogen-bond acceptors (Lipinski definition) is 11. The predicted molar refractivity (Wildman–Crippen MR) is 123 cm³/mol. The van der Waals surface area contributed by atoms with Gasteiger partial charge in [-0.05, 0) is 60.9 Å². The molecule has 1 aliphatic heterocycles. The van der Waals surface area contributed by atoms with E-state index in [9.17, 15) is 14.9 Å². The first kappa shape index (κ1) is 24.7. The smallest absolute Gasteiger partial charge is 0.293 e. The topological polar surface area (TPSA) is 183 Å². The molecular weight excluding hydrogens is 468 g/mol. The number of aromatic nitrogens is 5. The molecule has 1 saturated heterocycles. The molecular formula is C19H23ClN10O4. The van der Waals surface area contributed by atoms with E-state index in [4.69, 9.17) is 5.73 Å². The van der Waals surface area contributed by atoms with Crippen LogP contribution < -0.4 is 11.2 Å². The molecule has 2 aromatic heterocycles. The predicted octanol–water partition coefficient (Wildman–Crippen LogP) is 1.70. The second-order valence-electron chi connectivity index (χ2n) is 7.55. The highest BCUT2D eigenvalue weighted by atomic mass is 35.5. The molecule has 0 bridgehead atoms. The van der Waals surface area contributed by atoms with E-state index in [0.717, 1.165) is 32.4 Å². The largest absolute Gasteiger partial charge is 0.378 e. The number of benzene rings is 1. The van der Waals surface area contributed by atoms with Crippen LogP contribution >= 0.6 is 12.4 Å². The Bertz CT molecular complexity index is 1180. The minimum absolute atomic E-state index is 0. The van der Waals surface area contributed by atoms with Crippen LogP contribution in [0.2, 0.25) is 0 Å². The quantitative estimate of drug-likeness (QED) is 0.280. The van der Waals surface area contributed by atoms with Crippen LogP contribution in [-0.2, 0) is 6.54 Å². The van der Waals surface area contributed by atoms with Gasteiger partial charge in [-0.1, -0.05) is 11.6 Å². The molecule has 0 spiro atoms. The molecule has 1 fully saturated rings. The van der Waals surface area contributed by atoms with Crippen molar-refractivity contribution >= 4 is 35.5 Å². The highest BCUT2D eigenvalue weighted by Crippen LogP contribution is 2.20. The molecule has 1 aliphatic rings. The van der Waals surface area contributed by atoms with E-state index in [1.807, 2.05) is 0 Å². The summed E-state index contributed by atoms with van der Waals surface area (Å²) in [4.78, 5) is 25.5. The number of nitrogens with zero attached hydrogens (tertiary/aromatic N) is 8. The molecule has 15 heteroatoms. The number of likely N-dealkylation sites (tertiary alicyclic amines) is 1. The molecule has 180 valence electrons. The van der Waals surface area contributed by atoms with E-state index < -0.39 is 10.8 Å². The Balaban J connectivity index is 0.00000324. The molecule has 0 aliphatic carbocycles. The molecule has 0 atom stereocenters. The van der Waals surface area contributed by atoms with Crippen molar-refractivity contribution in [3.8, 4) is 5.82 Å². The zero-order chi connectivity index (χ0) is 23.4. The Hall–Kier alpha value is -3.91. The van der Waals surface area contributed by atoms with Gasteiger partial charge in [-0.3, -0.25) is 19.8 Å². The third kappa shape index (κ3) is 5.35. The maximum atomic E-state index is 12.9. The standard InChI is InChI=1S/C19H22N10O4.ClH/c1-12(13-5-7-14(8-6-13)29(31)32)21-23-19(30)16-15(11-27-9-3-2-4-10-27)28(26-22-16)18-17(20)24-33-25-18;/h5-8H,2-4,9-11H2,1H3,(H2,20,24)(H,23,30);1H/b21-12+;. The number of carbonyl (C=O) groups excluding carboxylic acids is 1. The number of carbonyl (C=O) groups is 1. The van der Waals surface area contributed by atoms with E-state index >= 15 is 0 Å². The zero-order valence-electron chi connectivity index (χ0n) is 18.2. The number of rotatable bonds is 7. The molecule has 1 aromatic carbocycles. The van der Waals surface area contributed by atoms with E-state index in [-0.39, 0.29) is 35.4 Å². The monoisotopic (exact) mass is 490 g/mol. The summed E-state index contributed by atoms with van der Waals surface area (Å²) in [6, 6.07) is 5.85. The van der Waals surface area contributed by atoms with E-state index in [1.165, 1.54) is 16.8 Å². The van der Waals surface area contributed by atoms with Crippen LogP contribution in [0.3, 0.4) is 0 Å². The van der Waals surface area contributed by atoms with Gasteiger partial charge in [0.1, 0.15) is 0 Å². The number of hydrazone groups is 1. The van der Waals surface area contributed by atoms with Crippen LogP contribution in [0, 0.1) is 10.1 Å². The van der Waals surface area contributed by atoms with Crippen molar-refractivity contribution in [1.82, 2.24) is 35.6 Å². The Kier molecular flexibility index (Phi) is 7.86. The fourth-order valence-electron chi connectivity index (χ4n) is 3.53. The number of anilines is 1.